The number of nitrogens with zero attached hydrogens (tertiary/aromatic N) is 1. The molecule has 1 amide bonds. The van der Waals surface area contributed by atoms with Crippen LogP contribution in [0.3, 0.4) is 0 Å². The zero-order chi connectivity index (χ0) is 22.5. The van der Waals surface area contributed by atoms with E-state index in [1.54, 1.807) is 0 Å². The smallest absolute Gasteiger partial charge is 0.237 e. The summed E-state index contributed by atoms with van der Waals surface area (Å²) in [5.41, 5.74) is 0. The zero-order valence-corrected chi connectivity index (χ0v) is 20.7. The number of carbonyl (C=O) groups is 1. The minimum Gasteiger partial charge on any atom is -0.356 e. The van der Waals surface area contributed by atoms with Crippen molar-refractivity contribution >= 4 is 35.1 Å². The SMILES string of the molecule is CC1CNCCC1C1CC(CNC2=NCCN2)CC(C(=O)NCC2CCC(Cl)C(Cl)C2)N1. The van der Waals surface area contributed by atoms with Crippen LogP contribution in [0.25, 0.3) is 0 Å². The minimum atomic E-state index is -0.141. The van der Waals surface area contributed by atoms with E-state index in [4.69, 9.17) is 23.2 Å². The van der Waals surface area contributed by atoms with Gasteiger partial charge in [0.15, 0.2) is 5.96 Å². The molecule has 3 fully saturated rings. The average Bonchev–Trinajstić information content (AvgIpc) is 3.32. The van der Waals surface area contributed by atoms with Crippen LogP contribution in [-0.4, -0.2) is 74.0 Å². The molecule has 3 heterocycles. The summed E-state index contributed by atoms with van der Waals surface area (Å²) < 4.78 is 0. The molecule has 0 aromatic carbocycles. The van der Waals surface area contributed by atoms with Gasteiger partial charge in [0.05, 0.1) is 18.0 Å². The van der Waals surface area contributed by atoms with Crippen LogP contribution >= 0.6 is 23.2 Å². The number of halogens is 2. The first-order chi connectivity index (χ1) is 15.5. The van der Waals surface area contributed by atoms with Crippen molar-refractivity contribution in [3.63, 3.8) is 0 Å². The predicted octanol–water partition coefficient (Wildman–Crippen LogP) is 1.65. The van der Waals surface area contributed by atoms with Crippen LogP contribution in [0, 0.1) is 23.7 Å². The molecule has 4 rings (SSSR count). The van der Waals surface area contributed by atoms with Gasteiger partial charge in [-0.3, -0.25) is 9.79 Å². The van der Waals surface area contributed by atoms with Crippen molar-refractivity contribution < 1.29 is 4.79 Å². The summed E-state index contributed by atoms with van der Waals surface area (Å²) in [4.78, 5) is 17.7. The maximum atomic E-state index is 13.2. The molecule has 9 heteroatoms. The zero-order valence-electron chi connectivity index (χ0n) is 19.2. The summed E-state index contributed by atoms with van der Waals surface area (Å²) in [5.74, 6) is 3.13. The fraction of sp³-hybridized carbons (Fsp3) is 0.913. The molecule has 0 radical (unpaired) electrons. The predicted molar refractivity (Wildman–Crippen MR) is 132 cm³/mol. The summed E-state index contributed by atoms with van der Waals surface area (Å²) in [6.07, 6.45) is 5.97. The van der Waals surface area contributed by atoms with Crippen LogP contribution < -0.4 is 26.6 Å². The molecule has 1 saturated carbocycles. The Hall–Kier alpha value is -0.760. The van der Waals surface area contributed by atoms with Gasteiger partial charge in [-0.25, -0.2) is 0 Å². The Balaban J connectivity index is 1.34. The Bertz CT molecular complexity index is 664. The molecule has 2 saturated heterocycles. The fourth-order valence-corrected chi connectivity index (χ4v) is 6.54. The number of alkyl halides is 2. The molecule has 0 aromatic rings. The van der Waals surface area contributed by atoms with E-state index in [2.05, 4.69) is 38.5 Å². The molecule has 7 nitrogen and oxygen atoms in total. The topological polar surface area (TPSA) is 89.6 Å². The third kappa shape index (κ3) is 6.43. The lowest BCUT2D eigenvalue weighted by Crippen LogP contribution is -2.59. The summed E-state index contributed by atoms with van der Waals surface area (Å²) in [7, 11) is 0. The molecular weight excluding hydrogens is 447 g/mol. The monoisotopic (exact) mass is 486 g/mol. The van der Waals surface area contributed by atoms with Crippen molar-refractivity contribution in [3.8, 4) is 0 Å². The van der Waals surface area contributed by atoms with E-state index in [0.29, 0.717) is 36.3 Å². The molecule has 8 unspecified atom stereocenters. The van der Waals surface area contributed by atoms with Gasteiger partial charge in [-0.2, -0.15) is 0 Å². The minimum absolute atomic E-state index is 0.00784. The van der Waals surface area contributed by atoms with Gasteiger partial charge in [0.2, 0.25) is 5.91 Å². The van der Waals surface area contributed by atoms with E-state index in [1.165, 1.54) is 6.42 Å². The van der Waals surface area contributed by atoms with Crippen molar-refractivity contribution in [2.75, 3.05) is 39.3 Å². The van der Waals surface area contributed by atoms with E-state index in [-0.39, 0.29) is 22.7 Å². The molecule has 0 bridgehead atoms. The van der Waals surface area contributed by atoms with Gasteiger partial charge in [0.1, 0.15) is 0 Å². The van der Waals surface area contributed by atoms with E-state index in [1.807, 2.05) is 0 Å². The fourth-order valence-electron chi connectivity index (χ4n) is 5.93. The number of rotatable bonds is 6. The van der Waals surface area contributed by atoms with E-state index in [0.717, 1.165) is 70.8 Å². The van der Waals surface area contributed by atoms with Crippen molar-refractivity contribution in [2.45, 2.75) is 68.3 Å². The van der Waals surface area contributed by atoms with E-state index in [9.17, 15) is 4.79 Å². The second kappa shape index (κ2) is 11.6. The second-order valence-corrected chi connectivity index (χ2v) is 11.4. The summed E-state index contributed by atoms with van der Waals surface area (Å²) in [6, 6.07) is 0.234. The lowest BCUT2D eigenvalue weighted by atomic mass is 9.75. The van der Waals surface area contributed by atoms with Gasteiger partial charge in [-0.15, -0.1) is 23.2 Å². The Morgan fingerprint density at radius 2 is 1.94 bits per heavy atom. The second-order valence-electron chi connectivity index (χ2n) is 10.3. The number of guanidine groups is 1. The van der Waals surface area contributed by atoms with Crippen LogP contribution in [0.15, 0.2) is 4.99 Å². The highest BCUT2D eigenvalue weighted by Gasteiger charge is 2.38. The van der Waals surface area contributed by atoms with Crippen molar-refractivity contribution in [3.05, 3.63) is 0 Å². The molecule has 0 spiro atoms. The number of amides is 1. The van der Waals surface area contributed by atoms with Crippen LogP contribution in [0.4, 0.5) is 0 Å². The van der Waals surface area contributed by atoms with Gasteiger partial charge in [-0.1, -0.05) is 6.92 Å². The molecular formula is C23H40Cl2N6O. The summed E-state index contributed by atoms with van der Waals surface area (Å²) in [6.45, 7) is 7.76. The van der Waals surface area contributed by atoms with Crippen molar-refractivity contribution in [2.24, 2.45) is 28.7 Å². The quantitative estimate of drug-likeness (QED) is 0.368. The van der Waals surface area contributed by atoms with Gasteiger partial charge in [0, 0.05) is 31.1 Å². The molecule has 1 aliphatic carbocycles. The molecule has 32 heavy (non-hydrogen) atoms. The molecule has 3 aliphatic heterocycles. The molecule has 182 valence electrons. The van der Waals surface area contributed by atoms with Crippen LogP contribution in [0.1, 0.15) is 45.4 Å². The summed E-state index contributed by atoms with van der Waals surface area (Å²) in [5, 5.41) is 17.3. The Morgan fingerprint density at radius 3 is 2.69 bits per heavy atom. The first-order valence-corrected chi connectivity index (χ1v) is 13.4. The van der Waals surface area contributed by atoms with E-state index < -0.39 is 0 Å². The normalized spacial score (nSPS) is 40.3. The lowest BCUT2D eigenvalue weighted by Gasteiger charge is -2.43. The highest BCUT2D eigenvalue weighted by Crippen LogP contribution is 2.32. The maximum absolute atomic E-state index is 13.2. The standard InChI is InChI=1S/C23H40Cl2N6O/c1-14-11-26-5-4-17(14)20-9-16(13-30-23-27-6-7-28-23)10-21(31-20)22(32)29-12-15-2-3-18(24)19(25)8-15/h14-21,26,31H,2-13H2,1H3,(H,29,32)(H2,27,28,30). The number of aliphatic imine (C=N–C) groups is 1. The largest absolute Gasteiger partial charge is 0.356 e. The van der Waals surface area contributed by atoms with E-state index >= 15 is 0 Å². The highest BCUT2D eigenvalue weighted by atomic mass is 35.5. The average molecular weight is 488 g/mol. The van der Waals surface area contributed by atoms with Gasteiger partial charge < -0.3 is 26.6 Å². The van der Waals surface area contributed by atoms with Gasteiger partial charge in [0.25, 0.3) is 0 Å². The molecule has 0 aromatic heterocycles. The Morgan fingerprint density at radius 1 is 1.06 bits per heavy atom. The third-order valence-corrected chi connectivity index (χ3v) is 8.99. The summed E-state index contributed by atoms with van der Waals surface area (Å²) >= 11 is 12.6. The van der Waals surface area contributed by atoms with Crippen molar-refractivity contribution in [1.29, 1.82) is 0 Å². The Labute approximate surface area is 202 Å². The highest BCUT2D eigenvalue weighted by molar-refractivity contribution is 6.30. The number of carbonyl (C=O) groups excluding carboxylic acids is 1. The lowest BCUT2D eigenvalue weighted by molar-refractivity contribution is -0.125. The number of hydrogen-bond donors (Lipinski definition) is 5. The number of piperidine rings is 2. The maximum Gasteiger partial charge on any atom is 0.237 e. The molecule has 5 N–H and O–H groups in total. The molecule has 4 aliphatic rings. The van der Waals surface area contributed by atoms with Crippen LogP contribution in [-0.2, 0) is 4.79 Å². The van der Waals surface area contributed by atoms with Crippen LogP contribution in [0.2, 0.25) is 0 Å². The Kier molecular flexibility index (Phi) is 8.82. The van der Waals surface area contributed by atoms with Crippen molar-refractivity contribution in [1.82, 2.24) is 26.6 Å². The van der Waals surface area contributed by atoms with Gasteiger partial charge in [-0.05, 0) is 75.3 Å². The first-order valence-electron chi connectivity index (χ1n) is 12.5. The third-order valence-electron chi connectivity index (χ3n) is 7.86. The first kappa shape index (κ1) is 24.4. The number of nitrogens with one attached hydrogen (secondary N) is 5. The van der Waals surface area contributed by atoms with Gasteiger partial charge >= 0.3 is 0 Å². The molecule has 8 atom stereocenters. The number of hydrogen-bond acceptors (Lipinski definition) is 6. The van der Waals surface area contributed by atoms with Crippen LogP contribution in [0.5, 0.6) is 0 Å².